The van der Waals surface area contributed by atoms with Crippen LogP contribution in [0.25, 0.3) is 0 Å². The summed E-state index contributed by atoms with van der Waals surface area (Å²) in [5.74, 6) is -4.15. The molecule has 0 spiro atoms. The molecule has 0 bridgehead atoms. The van der Waals surface area contributed by atoms with Crippen LogP contribution < -0.4 is 21.3 Å². The Hall–Kier alpha value is -3.96. The van der Waals surface area contributed by atoms with Gasteiger partial charge in [0.25, 0.3) is 5.91 Å². The molecule has 0 aliphatic carbocycles. The molecule has 0 fully saturated rings. The van der Waals surface area contributed by atoms with Crippen molar-refractivity contribution in [3.63, 3.8) is 0 Å². The van der Waals surface area contributed by atoms with Crippen molar-refractivity contribution in [1.82, 2.24) is 21.3 Å². The zero-order valence-electron chi connectivity index (χ0n) is 23.1. The fourth-order valence-electron chi connectivity index (χ4n) is 3.16. The average Bonchev–Trinajstić information content (AvgIpc) is 2.82. The molecule has 0 saturated heterocycles. The second kappa shape index (κ2) is 13.5. The van der Waals surface area contributed by atoms with E-state index in [9.17, 15) is 28.8 Å². The Balaban J connectivity index is 2.97. The summed E-state index contributed by atoms with van der Waals surface area (Å²) in [5.41, 5.74) is -2.34. The van der Waals surface area contributed by atoms with Gasteiger partial charge in [0.1, 0.15) is 29.3 Å². The standard InChI is InChI=1S/C26H38N4O8/c1-15(20(32)28-17(3)23(35)37-8)27-21(33)16(2)29-24(36)26(7,14-19(31)38-25(4,5)6)30-22(34)18-12-10-9-11-13-18/h9-13,15-17H,14H2,1-8H3,(H,27,33)(H,28,32)(H,29,36)(H,30,34). The summed E-state index contributed by atoms with van der Waals surface area (Å²) < 4.78 is 9.88. The Morgan fingerprint density at radius 3 is 1.79 bits per heavy atom. The van der Waals surface area contributed by atoms with Gasteiger partial charge in [0.15, 0.2) is 0 Å². The highest BCUT2D eigenvalue weighted by Gasteiger charge is 2.40. The van der Waals surface area contributed by atoms with E-state index >= 15 is 0 Å². The van der Waals surface area contributed by atoms with Crippen molar-refractivity contribution < 1.29 is 38.2 Å². The van der Waals surface area contributed by atoms with Crippen LogP contribution in [-0.4, -0.2) is 71.9 Å². The first-order valence-electron chi connectivity index (χ1n) is 12.1. The van der Waals surface area contributed by atoms with Crippen LogP contribution in [0.4, 0.5) is 0 Å². The number of hydrogen-bond acceptors (Lipinski definition) is 8. The molecule has 12 nitrogen and oxygen atoms in total. The monoisotopic (exact) mass is 534 g/mol. The fourth-order valence-corrected chi connectivity index (χ4v) is 3.16. The molecule has 0 saturated carbocycles. The van der Waals surface area contributed by atoms with E-state index in [1.807, 2.05) is 0 Å². The summed E-state index contributed by atoms with van der Waals surface area (Å²) in [5, 5.41) is 9.90. The Morgan fingerprint density at radius 1 is 0.789 bits per heavy atom. The number of benzene rings is 1. The van der Waals surface area contributed by atoms with Crippen LogP contribution in [0.1, 0.15) is 65.2 Å². The second-order valence-electron chi connectivity index (χ2n) is 10.1. The van der Waals surface area contributed by atoms with Gasteiger partial charge in [0.2, 0.25) is 17.7 Å². The Morgan fingerprint density at radius 2 is 1.29 bits per heavy atom. The maximum atomic E-state index is 13.3. The van der Waals surface area contributed by atoms with E-state index in [4.69, 9.17) is 4.74 Å². The topological polar surface area (TPSA) is 169 Å². The number of carbonyl (C=O) groups is 6. The maximum absolute atomic E-state index is 13.3. The van der Waals surface area contributed by atoms with Crippen LogP contribution in [0.2, 0.25) is 0 Å². The molecule has 1 aromatic rings. The summed E-state index contributed by atoms with van der Waals surface area (Å²) in [6, 6.07) is 5.00. The van der Waals surface area contributed by atoms with Crippen LogP contribution in [0.15, 0.2) is 30.3 Å². The van der Waals surface area contributed by atoms with E-state index in [0.29, 0.717) is 0 Å². The van der Waals surface area contributed by atoms with E-state index in [1.54, 1.807) is 51.1 Å². The average molecular weight is 535 g/mol. The third-order valence-electron chi connectivity index (χ3n) is 5.25. The molecule has 1 aromatic carbocycles. The second-order valence-corrected chi connectivity index (χ2v) is 10.1. The van der Waals surface area contributed by atoms with Crippen LogP contribution in [0.3, 0.4) is 0 Å². The highest BCUT2D eigenvalue weighted by atomic mass is 16.6. The smallest absolute Gasteiger partial charge is 0.328 e. The van der Waals surface area contributed by atoms with E-state index in [0.717, 1.165) is 0 Å². The lowest BCUT2D eigenvalue weighted by atomic mass is 9.95. The molecule has 0 aromatic heterocycles. The van der Waals surface area contributed by atoms with Crippen molar-refractivity contribution in [3.8, 4) is 0 Å². The Bertz CT molecular complexity index is 1040. The maximum Gasteiger partial charge on any atom is 0.328 e. The van der Waals surface area contributed by atoms with E-state index < -0.39 is 71.3 Å². The minimum absolute atomic E-state index is 0.266. The molecule has 4 unspecified atom stereocenters. The van der Waals surface area contributed by atoms with Crippen molar-refractivity contribution in [2.24, 2.45) is 0 Å². The first-order chi connectivity index (χ1) is 17.5. The quantitative estimate of drug-likeness (QED) is 0.299. The van der Waals surface area contributed by atoms with Gasteiger partial charge in [-0.05, 0) is 60.6 Å². The zero-order chi connectivity index (χ0) is 29.3. The molecule has 12 heteroatoms. The lowest BCUT2D eigenvalue weighted by Gasteiger charge is -2.31. The summed E-state index contributed by atoms with van der Waals surface area (Å²) >= 11 is 0. The first-order valence-corrected chi connectivity index (χ1v) is 12.1. The van der Waals surface area contributed by atoms with Crippen molar-refractivity contribution in [2.75, 3.05) is 7.11 Å². The van der Waals surface area contributed by atoms with Crippen molar-refractivity contribution in [2.45, 2.75) is 84.2 Å². The fraction of sp³-hybridized carbons (Fsp3) is 0.538. The minimum Gasteiger partial charge on any atom is -0.467 e. The number of carbonyl (C=O) groups excluding carboxylic acids is 6. The highest BCUT2D eigenvalue weighted by Crippen LogP contribution is 2.17. The van der Waals surface area contributed by atoms with Gasteiger partial charge in [-0.1, -0.05) is 18.2 Å². The summed E-state index contributed by atoms with van der Waals surface area (Å²) in [7, 11) is 1.18. The molecule has 210 valence electrons. The number of amides is 4. The first kappa shape index (κ1) is 32.1. The molecule has 1 rings (SSSR count). The number of esters is 2. The van der Waals surface area contributed by atoms with E-state index in [2.05, 4.69) is 26.0 Å². The molecule has 4 N–H and O–H groups in total. The van der Waals surface area contributed by atoms with Crippen LogP contribution in [0, 0.1) is 0 Å². The summed E-state index contributed by atoms with van der Waals surface area (Å²) in [6.07, 6.45) is -0.507. The molecule has 0 radical (unpaired) electrons. The molecule has 0 heterocycles. The predicted octanol–water partition coefficient (Wildman–Crippen LogP) is 0.594. The van der Waals surface area contributed by atoms with E-state index in [-0.39, 0.29) is 5.56 Å². The normalized spacial score (nSPS) is 14.9. The Kier molecular flexibility index (Phi) is 11.4. The summed E-state index contributed by atoms with van der Waals surface area (Å²) in [6.45, 7) is 10.6. The minimum atomic E-state index is -1.78. The number of rotatable bonds is 11. The van der Waals surface area contributed by atoms with Gasteiger partial charge in [0, 0.05) is 5.56 Å². The lowest BCUT2D eigenvalue weighted by molar-refractivity contribution is -0.158. The predicted molar refractivity (Wildman–Crippen MR) is 138 cm³/mol. The van der Waals surface area contributed by atoms with Crippen LogP contribution in [-0.2, 0) is 33.4 Å². The van der Waals surface area contributed by atoms with Crippen LogP contribution in [0.5, 0.6) is 0 Å². The van der Waals surface area contributed by atoms with Gasteiger partial charge in [0.05, 0.1) is 13.5 Å². The van der Waals surface area contributed by atoms with Crippen molar-refractivity contribution in [1.29, 1.82) is 0 Å². The third kappa shape index (κ3) is 10.2. The summed E-state index contributed by atoms with van der Waals surface area (Å²) in [4.78, 5) is 75.1. The largest absolute Gasteiger partial charge is 0.467 e. The molecule has 0 aliphatic rings. The molecular formula is C26H38N4O8. The Labute approximate surface area is 222 Å². The molecule has 38 heavy (non-hydrogen) atoms. The highest BCUT2D eigenvalue weighted by molar-refractivity contribution is 6.01. The zero-order valence-corrected chi connectivity index (χ0v) is 23.1. The lowest BCUT2D eigenvalue weighted by Crippen LogP contribution is -2.61. The van der Waals surface area contributed by atoms with E-state index in [1.165, 1.54) is 34.8 Å². The van der Waals surface area contributed by atoms with Gasteiger partial charge >= 0.3 is 11.9 Å². The van der Waals surface area contributed by atoms with Gasteiger partial charge in [-0.2, -0.15) is 0 Å². The van der Waals surface area contributed by atoms with Crippen LogP contribution >= 0.6 is 0 Å². The van der Waals surface area contributed by atoms with Crippen molar-refractivity contribution in [3.05, 3.63) is 35.9 Å². The van der Waals surface area contributed by atoms with Gasteiger partial charge < -0.3 is 30.7 Å². The van der Waals surface area contributed by atoms with Gasteiger partial charge in [-0.25, -0.2) is 4.79 Å². The van der Waals surface area contributed by atoms with Gasteiger partial charge in [-0.3, -0.25) is 24.0 Å². The SMILES string of the molecule is COC(=O)C(C)NC(=O)C(C)NC(=O)C(C)NC(=O)C(C)(CC(=O)OC(C)(C)C)NC(=O)c1ccccc1. The molecule has 0 aliphatic heterocycles. The molecule has 4 amide bonds. The number of hydrogen-bond donors (Lipinski definition) is 4. The number of methoxy groups -OCH3 is 1. The van der Waals surface area contributed by atoms with Gasteiger partial charge in [-0.15, -0.1) is 0 Å². The van der Waals surface area contributed by atoms with Crippen molar-refractivity contribution >= 4 is 35.6 Å². The number of ether oxygens (including phenoxy) is 2. The third-order valence-corrected chi connectivity index (χ3v) is 5.25. The number of nitrogens with one attached hydrogen (secondary N) is 4. The molecular weight excluding hydrogens is 496 g/mol. The molecule has 4 atom stereocenters.